The van der Waals surface area contributed by atoms with E-state index in [0.29, 0.717) is 5.75 Å². The molecule has 0 atom stereocenters. The zero-order valence-electron chi connectivity index (χ0n) is 14.5. The lowest BCUT2D eigenvalue weighted by Crippen LogP contribution is -2.25. The second-order valence-electron chi connectivity index (χ2n) is 6.41. The Kier molecular flexibility index (Phi) is 6.62. The van der Waals surface area contributed by atoms with Gasteiger partial charge in [0, 0.05) is 10.6 Å². The van der Waals surface area contributed by atoms with E-state index in [0.717, 1.165) is 17.0 Å². The topological polar surface area (TPSA) is 41.5 Å². The van der Waals surface area contributed by atoms with Crippen molar-refractivity contribution in [2.45, 2.75) is 37.5 Å². The molecule has 4 heteroatoms. The van der Waals surface area contributed by atoms with Gasteiger partial charge >= 0.3 is 0 Å². The standard InChI is InChI=1S/C20H24N2OS/c1-16(14-20(2,3)17-10-6-4-7-11-17)21-22-19(23)15-24-18-12-8-5-9-13-18/h4-13H,14-15H2,1-3H3,(H,22,23)/b21-16-. The van der Waals surface area contributed by atoms with Gasteiger partial charge in [-0.2, -0.15) is 5.10 Å². The van der Waals surface area contributed by atoms with E-state index in [1.807, 2.05) is 55.5 Å². The molecular weight excluding hydrogens is 316 g/mol. The zero-order valence-corrected chi connectivity index (χ0v) is 15.3. The molecule has 0 fully saturated rings. The van der Waals surface area contributed by atoms with Crippen LogP contribution in [0, 0.1) is 0 Å². The molecule has 0 heterocycles. The van der Waals surface area contributed by atoms with Crippen molar-refractivity contribution < 1.29 is 4.79 Å². The van der Waals surface area contributed by atoms with E-state index >= 15 is 0 Å². The largest absolute Gasteiger partial charge is 0.272 e. The van der Waals surface area contributed by atoms with Gasteiger partial charge in [-0.1, -0.05) is 62.4 Å². The van der Waals surface area contributed by atoms with Gasteiger partial charge in [0.2, 0.25) is 5.91 Å². The second-order valence-corrected chi connectivity index (χ2v) is 7.46. The third-order valence-electron chi connectivity index (χ3n) is 3.74. The van der Waals surface area contributed by atoms with Crippen molar-refractivity contribution in [3.63, 3.8) is 0 Å². The Bertz CT molecular complexity index is 681. The summed E-state index contributed by atoms with van der Waals surface area (Å²) in [5, 5.41) is 4.25. The molecule has 3 nitrogen and oxygen atoms in total. The smallest absolute Gasteiger partial charge is 0.250 e. The molecule has 1 amide bonds. The number of nitrogens with one attached hydrogen (secondary N) is 1. The fourth-order valence-corrected chi connectivity index (χ4v) is 3.24. The van der Waals surface area contributed by atoms with Crippen LogP contribution in [0.25, 0.3) is 0 Å². The number of carbonyl (C=O) groups excluding carboxylic acids is 1. The highest BCUT2D eigenvalue weighted by molar-refractivity contribution is 8.00. The highest BCUT2D eigenvalue weighted by atomic mass is 32.2. The molecule has 24 heavy (non-hydrogen) atoms. The minimum absolute atomic E-state index is 0.0155. The normalized spacial score (nSPS) is 12.0. The van der Waals surface area contributed by atoms with E-state index < -0.39 is 0 Å². The SMILES string of the molecule is C/C(CC(C)(C)c1ccccc1)=N/NC(=O)CSc1ccccc1. The van der Waals surface area contributed by atoms with Gasteiger partial charge in [0.05, 0.1) is 5.75 Å². The Morgan fingerprint density at radius 2 is 1.62 bits per heavy atom. The molecule has 0 saturated carbocycles. The van der Waals surface area contributed by atoms with Crippen molar-refractivity contribution in [3.05, 3.63) is 66.2 Å². The molecular formula is C20H24N2OS. The molecule has 126 valence electrons. The summed E-state index contributed by atoms with van der Waals surface area (Å²) in [5.41, 5.74) is 4.83. The average molecular weight is 340 g/mol. The predicted molar refractivity (Wildman–Crippen MR) is 103 cm³/mol. The Morgan fingerprint density at radius 1 is 1.04 bits per heavy atom. The summed E-state index contributed by atoms with van der Waals surface area (Å²) < 4.78 is 0. The van der Waals surface area contributed by atoms with E-state index in [2.05, 4.69) is 36.5 Å². The summed E-state index contributed by atoms with van der Waals surface area (Å²) in [4.78, 5) is 13.0. The maximum atomic E-state index is 11.9. The summed E-state index contributed by atoms with van der Waals surface area (Å²) >= 11 is 1.51. The van der Waals surface area contributed by atoms with Crippen molar-refractivity contribution >= 4 is 23.4 Å². The monoisotopic (exact) mass is 340 g/mol. The van der Waals surface area contributed by atoms with Crippen LogP contribution in [0.5, 0.6) is 0 Å². The van der Waals surface area contributed by atoms with Crippen molar-refractivity contribution in [2.24, 2.45) is 5.10 Å². The van der Waals surface area contributed by atoms with Crippen LogP contribution in [0.4, 0.5) is 0 Å². The van der Waals surface area contributed by atoms with Gasteiger partial charge in [0.1, 0.15) is 0 Å². The van der Waals surface area contributed by atoms with Gasteiger partial charge in [0.25, 0.3) is 0 Å². The summed E-state index contributed by atoms with van der Waals surface area (Å²) in [5.74, 6) is 0.281. The van der Waals surface area contributed by atoms with Crippen LogP contribution >= 0.6 is 11.8 Å². The summed E-state index contributed by atoms with van der Waals surface area (Å²) in [6.45, 7) is 6.33. The summed E-state index contributed by atoms with van der Waals surface area (Å²) in [7, 11) is 0. The van der Waals surface area contributed by atoms with E-state index in [1.165, 1.54) is 17.3 Å². The first kappa shape index (κ1) is 18.3. The lowest BCUT2D eigenvalue weighted by molar-refractivity contribution is -0.118. The Morgan fingerprint density at radius 3 is 2.25 bits per heavy atom. The minimum atomic E-state index is -0.0827. The molecule has 2 rings (SSSR count). The number of nitrogens with zero attached hydrogens (tertiary/aromatic N) is 1. The van der Waals surface area contributed by atoms with E-state index in [9.17, 15) is 4.79 Å². The predicted octanol–water partition coefficient (Wildman–Crippen LogP) is 4.64. The summed E-state index contributed by atoms with van der Waals surface area (Å²) in [6.07, 6.45) is 0.795. The van der Waals surface area contributed by atoms with Gasteiger partial charge in [-0.3, -0.25) is 4.79 Å². The molecule has 0 aliphatic carbocycles. The Labute approximate surface area is 148 Å². The van der Waals surface area contributed by atoms with Crippen LogP contribution in [-0.2, 0) is 10.2 Å². The van der Waals surface area contributed by atoms with Crippen LogP contribution in [0.1, 0.15) is 32.8 Å². The number of benzene rings is 2. The highest BCUT2D eigenvalue weighted by Crippen LogP contribution is 2.27. The van der Waals surface area contributed by atoms with E-state index in [4.69, 9.17) is 0 Å². The van der Waals surface area contributed by atoms with Crippen molar-refractivity contribution in [3.8, 4) is 0 Å². The fourth-order valence-electron chi connectivity index (χ4n) is 2.53. The molecule has 1 N–H and O–H groups in total. The number of amides is 1. The number of thioether (sulfide) groups is 1. The van der Waals surface area contributed by atoms with Crippen LogP contribution in [0.15, 0.2) is 70.7 Å². The number of carbonyl (C=O) groups is 1. The van der Waals surface area contributed by atoms with Crippen molar-refractivity contribution in [1.29, 1.82) is 0 Å². The lowest BCUT2D eigenvalue weighted by Gasteiger charge is -2.25. The van der Waals surface area contributed by atoms with Crippen LogP contribution in [0.2, 0.25) is 0 Å². The summed E-state index contributed by atoms with van der Waals surface area (Å²) in [6, 6.07) is 20.3. The molecule has 0 radical (unpaired) electrons. The first-order valence-corrected chi connectivity index (χ1v) is 9.01. The van der Waals surface area contributed by atoms with E-state index in [-0.39, 0.29) is 11.3 Å². The zero-order chi connectivity index (χ0) is 17.4. The quantitative estimate of drug-likeness (QED) is 0.453. The lowest BCUT2D eigenvalue weighted by atomic mass is 9.80. The molecule has 0 aliphatic heterocycles. The first-order valence-electron chi connectivity index (χ1n) is 8.03. The number of hydrazone groups is 1. The molecule has 0 aliphatic rings. The average Bonchev–Trinajstić information content (AvgIpc) is 2.59. The van der Waals surface area contributed by atoms with Crippen LogP contribution in [0.3, 0.4) is 0 Å². The first-order chi connectivity index (χ1) is 11.5. The van der Waals surface area contributed by atoms with Gasteiger partial charge < -0.3 is 0 Å². The maximum absolute atomic E-state index is 11.9. The maximum Gasteiger partial charge on any atom is 0.250 e. The van der Waals surface area contributed by atoms with Crippen LogP contribution < -0.4 is 5.43 Å². The fraction of sp³-hybridized carbons (Fsp3) is 0.300. The van der Waals surface area contributed by atoms with E-state index in [1.54, 1.807) is 0 Å². The Hall–Kier alpha value is -2.07. The van der Waals surface area contributed by atoms with Gasteiger partial charge in [-0.25, -0.2) is 5.43 Å². The molecule has 0 saturated heterocycles. The highest BCUT2D eigenvalue weighted by Gasteiger charge is 2.21. The van der Waals surface area contributed by atoms with Gasteiger partial charge in [0.15, 0.2) is 0 Å². The minimum Gasteiger partial charge on any atom is -0.272 e. The number of hydrogen-bond acceptors (Lipinski definition) is 3. The molecule has 0 aromatic heterocycles. The number of rotatable bonds is 7. The molecule has 0 spiro atoms. The molecule has 2 aromatic rings. The van der Waals surface area contributed by atoms with Crippen LogP contribution in [-0.4, -0.2) is 17.4 Å². The van der Waals surface area contributed by atoms with Gasteiger partial charge in [-0.05, 0) is 36.5 Å². The molecule has 2 aromatic carbocycles. The molecule has 0 unspecified atom stereocenters. The third-order valence-corrected chi connectivity index (χ3v) is 4.75. The van der Waals surface area contributed by atoms with Gasteiger partial charge in [-0.15, -0.1) is 11.8 Å². The second kappa shape index (κ2) is 8.69. The Balaban J connectivity index is 1.83. The third kappa shape index (κ3) is 5.85. The number of hydrogen-bond donors (Lipinski definition) is 1. The molecule has 0 bridgehead atoms. The van der Waals surface area contributed by atoms with Crippen molar-refractivity contribution in [2.75, 3.05) is 5.75 Å². The van der Waals surface area contributed by atoms with Crippen molar-refractivity contribution in [1.82, 2.24) is 5.43 Å².